The lowest BCUT2D eigenvalue weighted by molar-refractivity contribution is 0.0473. The van der Waals surface area contributed by atoms with Gasteiger partial charge >= 0.3 is 5.97 Å². The molecule has 2 aromatic heterocycles. The first-order valence-corrected chi connectivity index (χ1v) is 10.1. The summed E-state index contributed by atoms with van der Waals surface area (Å²) in [6, 6.07) is 19.5. The van der Waals surface area contributed by atoms with Gasteiger partial charge in [-0.1, -0.05) is 42.5 Å². The fourth-order valence-corrected chi connectivity index (χ4v) is 4.04. The molecule has 0 saturated heterocycles. The van der Waals surface area contributed by atoms with Crippen LogP contribution in [-0.2, 0) is 17.8 Å². The molecular weight excluding hydrogens is 374 g/mol. The summed E-state index contributed by atoms with van der Waals surface area (Å²) in [5.41, 5.74) is 6.46. The zero-order chi connectivity index (χ0) is 20.5. The average molecular weight is 395 g/mol. The van der Waals surface area contributed by atoms with Crippen LogP contribution in [0.3, 0.4) is 0 Å². The molecule has 0 fully saturated rings. The van der Waals surface area contributed by atoms with Crippen LogP contribution in [0.25, 0.3) is 22.6 Å². The number of furan rings is 1. The first kappa shape index (κ1) is 18.4. The molecule has 1 aliphatic rings. The van der Waals surface area contributed by atoms with Gasteiger partial charge in [0.25, 0.3) is 0 Å². The number of carbonyl (C=O) groups excluding carboxylic acids is 1. The molecule has 4 heteroatoms. The molecule has 148 valence electrons. The van der Waals surface area contributed by atoms with E-state index in [1.807, 2.05) is 73.7 Å². The molecule has 0 N–H and O–H groups in total. The molecule has 0 aliphatic heterocycles. The number of allylic oxidation sites excluding steroid dienone is 1. The van der Waals surface area contributed by atoms with Crippen LogP contribution in [-0.4, -0.2) is 11.0 Å². The smallest absolute Gasteiger partial charge is 0.339 e. The minimum absolute atomic E-state index is 0.256. The molecular formula is C26H21NO3. The summed E-state index contributed by atoms with van der Waals surface area (Å²) in [6.07, 6.45) is 5.24. The Bertz CT molecular complexity index is 1270. The minimum atomic E-state index is -0.299. The van der Waals surface area contributed by atoms with Crippen LogP contribution in [0.15, 0.2) is 71.3 Å². The third-order valence-electron chi connectivity index (χ3n) is 5.63. The molecule has 0 bridgehead atoms. The van der Waals surface area contributed by atoms with Crippen molar-refractivity contribution in [3.05, 3.63) is 101 Å². The van der Waals surface area contributed by atoms with E-state index in [-0.39, 0.29) is 12.6 Å². The van der Waals surface area contributed by atoms with E-state index in [2.05, 4.69) is 0 Å². The number of aryl methyl sites for hydroxylation is 1. The monoisotopic (exact) mass is 395 g/mol. The zero-order valence-electron chi connectivity index (χ0n) is 16.7. The van der Waals surface area contributed by atoms with Crippen LogP contribution in [0.2, 0.25) is 0 Å². The number of hydrogen-bond acceptors (Lipinski definition) is 4. The maximum atomic E-state index is 13.2. The predicted molar refractivity (Wildman–Crippen MR) is 117 cm³/mol. The van der Waals surface area contributed by atoms with Gasteiger partial charge in [0.05, 0.1) is 23.0 Å². The molecule has 5 rings (SSSR count). The van der Waals surface area contributed by atoms with Crippen molar-refractivity contribution in [2.75, 3.05) is 0 Å². The van der Waals surface area contributed by atoms with Crippen LogP contribution in [0, 0.1) is 6.92 Å². The lowest BCUT2D eigenvalue weighted by atomic mass is 10.0. The van der Waals surface area contributed by atoms with E-state index in [4.69, 9.17) is 14.1 Å². The number of nitrogens with zero attached hydrogens (tertiary/aromatic N) is 1. The van der Waals surface area contributed by atoms with E-state index < -0.39 is 0 Å². The summed E-state index contributed by atoms with van der Waals surface area (Å²) in [5.74, 6) is 0.490. The SMILES string of the molecule is Cc1ccccc1COC(=O)c1c2c(nc3ccccc13)C(=Cc1ccco1)CC2. The van der Waals surface area contributed by atoms with Crippen molar-refractivity contribution < 1.29 is 13.9 Å². The quantitative estimate of drug-likeness (QED) is 0.399. The topological polar surface area (TPSA) is 52.3 Å². The standard InChI is InChI=1S/C26H21NO3/c1-17-7-2-3-8-19(17)16-30-26(28)24-21-10-4-5-11-23(21)27-25-18(12-13-22(24)25)15-20-9-6-14-29-20/h2-11,14-15H,12-13,16H2,1H3. The predicted octanol–water partition coefficient (Wildman–Crippen LogP) is 5.98. The van der Waals surface area contributed by atoms with Crippen molar-refractivity contribution in [3.63, 3.8) is 0 Å². The van der Waals surface area contributed by atoms with E-state index in [9.17, 15) is 4.79 Å². The van der Waals surface area contributed by atoms with Crippen LogP contribution in [0.5, 0.6) is 0 Å². The molecule has 0 saturated carbocycles. The number of carbonyl (C=O) groups is 1. The molecule has 0 amide bonds. The number of fused-ring (bicyclic) bond motifs is 2. The van der Waals surface area contributed by atoms with Gasteiger partial charge in [0.15, 0.2) is 0 Å². The average Bonchev–Trinajstić information content (AvgIpc) is 3.42. The Morgan fingerprint density at radius 2 is 1.90 bits per heavy atom. The van der Waals surface area contributed by atoms with Gasteiger partial charge in [-0.05, 0) is 66.3 Å². The molecule has 30 heavy (non-hydrogen) atoms. The fraction of sp³-hybridized carbons (Fsp3) is 0.154. The number of rotatable bonds is 4. The van der Waals surface area contributed by atoms with Crippen molar-refractivity contribution >= 4 is 28.5 Å². The Balaban J connectivity index is 1.56. The Morgan fingerprint density at radius 1 is 1.07 bits per heavy atom. The number of ether oxygens (including phenoxy) is 1. The van der Waals surface area contributed by atoms with Crippen LogP contribution in [0.1, 0.15) is 44.9 Å². The van der Waals surface area contributed by atoms with Gasteiger partial charge < -0.3 is 9.15 Å². The van der Waals surface area contributed by atoms with Gasteiger partial charge in [0.2, 0.25) is 0 Å². The molecule has 0 atom stereocenters. The Labute approximate surface area is 174 Å². The first-order valence-electron chi connectivity index (χ1n) is 10.1. The van der Waals surface area contributed by atoms with Crippen molar-refractivity contribution in [2.24, 2.45) is 0 Å². The van der Waals surface area contributed by atoms with E-state index in [1.54, 1.807) is 6.26 Å². The number of benzene rings is 2. The maximum absolute atomic E-state index is 13.2. The lowest BCUT2D eigenvalue weighted by Gasteiger charge is -2.13. The largest absolute Gasteiger partial charge is 0.465 e. The molecule has 4 nitrogen and oxygen atoms in total. The summed E-state index contributed by atoms with van der Waals surface area (Å²) in [7, 11) is 0. The van der Waals surface area contributed by atoms with Crippen LogP contribution < -0.4 is 0 Å². The van der Waals surface area contributed by atoms with Crippen LogP contribution >= 0.6 is 0 Å². The second-order valence-corrected chi connectivity index (χ2v) is 7.52. The molecule has 4 aromatic rings. The van der Waals surface area contributed by atoms with Gasteiger partial charge in [-0.15, -0.1) is 0 Å². The Morgan fingerprint density at radius 3 is 2.73 bits per heavy atom. The van der Waals surface area contributed by atoms with Crippen LogP contribution in [0.4, 0.5) is 0 Å². The molecule has 2 heterocycles. The molecule has 1 aliphatic carbocycles. The highest BCUT2D eigenvalue weighted by molar-refractivity contribution is 6.07. The van der Waals surface area contributed by atoms with E-state index in [0.29, 0.717) is 5.56 Å². The summed E-state index contributed by atoms with van der Waals surface area (Å²) in [5, 5.41) is 0.838. The van der Waals surface area contributed by atoms with E-state index >= 15 is 0 Å². The molecule has 0 spiro atoms. The number of aromatic nitrogens is 1. The summed E-state index contributed by atoms with van der Waals surface area (Å²) >= 11 is 0. The zero-order valence-corrected chi connectivity index (χ0v) is 16.7. The highest BCUT2D eigenvalue weighted by Gasteiger charge is 2.27. The van der Waals surface area contributed by atoms with E-state index in [1.165, 1.54) is 0 Å². The number of hydrogen-bond donors (Lipinski definition) is 0. The molecule has 2 aromatic carbocycles. The molecule has 0 radical (unpaired) electrons. The van der Waals surface area contributed by atoms with Gasteiger partial charge in [-0.3, -0.25) is 0 Å². The third kappa shape index (κ3) is 3.30. The molecule has 0 unspecified atom stereocenters. The normalized spacial score (nSPS) is 14.2. The van der Waals surface area contributed by atoms with Crippen molar-refractivity contribution in [2.45, 2.75) is 26.4 Å². The second-order valence-electron chi connectivity index (χ2n) is 7.52. The first-order chi connectivity index (χ1) is 14.7. The number of pyridine rings is 1. The highest BCUT2D eigenvalue weighted by Crippen LogP contribution is 2.38. The van der Waals surface area contributed by atoms with Crippen molar-refractivity contribution in [1.29, 1.82) is 0 Å². The lowest BCUT2D eigenvalue weighted by Crippen LogP contribution is -2.11. The minimum Gasteiger partial charge on any atom is -0.465 e. The highest BCUT2D eigenvalue weighted by atomic mass is 16.5. The Hall–Kier alpha value is -3.66. The summed E-state index contributed by atoms with van der Waals surface area (Å²) in [4.78, 5) is 18.1. The van der Waals surface area contributed by atoms with Gasteiger partial charge in [0.1, 0.15) is 12.4 Å². The maximum Gasteiger partial charge on any atom is 0.339 e. The van der Waals surface area contributed by atoms with E-state index in [0.717, 1.165) is 57.5 Å². The number of esters is 1. The van der Waals surface area contributed by atoms with Crippen molar-refractivity contribution in [3.8, 4) is 0 Å². The second kappa shape index (κ2) is 7.64. The third-order valence-corrected chi connectivity index (χ3v) is 5.63. The fourth-order valence-electron chi connectivity index (χ4n) is 4.04. The van der Waals surface area contributed by atoms with Gasteiger partial charge in [-0.2, -0.15) is 0 Å². The van der Waals surface area contributed by atoms with Crippen molar-refractivity contribution in [1.82, 2.24) is 4.98 Å². The van der Waals surface area contributed by atoms with Gasteiger partial charge in [0, 0.05) is 5.39 Å². The summed E-state index contributed by atoms with van der Waals surface area (Å²) < 4.78 is 11.2. The summed E-state index contributed by atoms with van der Waals surface area (Å²) in [6.45, 7) is 2.28. The number of para-hydroxylation sites is 1. The Kier molecular flexibility index (Phi) is 4.68. The van der Waals surface area contributed by atoms with Gasteiger partial charge in [-0.25, -0.2) is 9.78 Å².